The first kappa shape index (κ1) is 22.3. The third-order valence-electron chi connectivity index (χ3n) is 5.08. The molecule has 11 heteroatoms. The van der Waals surface area contributed by atoms with Crippen LogP contribution in [0.15, 0.2) is 47.7 Å². The highest BCUT2D eigenvalue weighted by Crippen LogP contribution is 2.37. The summed E-state index contributed by atoms with van der Waals surface area (Å²) in [6, 6.07) is 5.17. The maximum absolute atomic E-state index is 14.3. The molecule has 1 atom stereocenters. The lowest BCUT2D eigenvalue weighted by Gasteiger charge is -2.17. The normalized spacial score (nSPS) is 12.1. The van der Waals surface area contributed by atoms with Gasteiger partial charge in [-0.15, -0.1) is 0 Å². The number of halogens is 2. The summed E-state index contributed by atoms with van der Waals surface area (Å²) < 4.78 is 40.9. The molecule has 0 aliphatic carbocycles. The summed E-state index contributed by atoms with van der Waals surface area (Å²) in [5, 5.41) is 13.0. The molecule has 3 heterocycles. The zero-order chi connectivity index (χ0) is 23.9. The van der Waals surface area contributed by atoms with Crippen molar-refractivity contribution < 1.29 is 22.9 Å². The smallest absolute Gasteiger partial charge is 0.336 e. The van der Waals surface area contributed by atoms with Crippen molar-refractivity contribution >= 4 is 39.2 Å². The van der Waals surface area contributed by atoms with Gasteiger partial charge in [-0.3, -0.25) is 9.00 Å². The van der Waals surface area contributed by atoms with Crippen LogP contribution in [0.5, 0.6) is 0 Å². The van der Waals surface area contributed by atoms with Crippen molar-refractivity contribution in [2.45, 2.75) is 5.75 Å². The topological polar surface area (TPSA) is 117 Å². The van der Waals surface area contributed by atoms with Gasteiger partial charge >= 0.3 is 5.97 Å². The Bertz CT molecular complexity index is 1500. The summed E-state index contributed by atoms with van der Waals surface area (Å²) in [6.07, 6.45) is 5.44. The van der Waals surface area contributed by atoms with Crippen molar-refractivity contribution in [3.63, 3.8) is 0 Å². The van der Waals surface area contributed by atoms with Crippen LogP contribution < -0.4 is 10.9 Å². The molecule has 4 aromatic rings. The number of benzene rings is 1. The van der Waals surface area contributed by atoms with Gasteiger partial charge in [0.05, 0.1) is 11.8 Å². The highest BCUT2D eigenvalue weighted by molar-refractivity contribution is 7.83. The number of carboxylic acids is 1. The van der Waals surface area contributed by atoms with Gasteiger partial charge < -0.3 is 20.0 Å². The number of rotatable bonds is 6. The quantitative estimate of drug-likeness (QED) is 0.395. The Hall–Kier alpha value is -3.86. The molecule has 0 fully saturated rings. The zero-order valence-electron chi connectivity index (χ0n) is 17.5. The van der Waals surface area contributed by atoms with Crippen molar-refractivity contribution in [1.82, 2.24) is 14.5 Å². The number of nitrogens with zero attached hydrogens (tertiary/aromatic N) is 2. The molecular weight excluding hydrogens is 454 g/mol. The average molecular weight is 472 g/mol. The summed E-state index contributed by atoms with van der Waals surface area (Å²) in [5.74, 6) is -3.43. The van der Waals surface area contributed by atoms with Crippen LogP contribution in [0.2, 0.25) is 0 Å². The Morgan fingerprint density at radius 3 is 2.70 bits per heavy atom. The summed E-state index contributed by atoms with van der Waals surface area (Å²) in [4.78, 5) is 31.0. The number of aryl methyl sites for hydroxylation is 1. The van der Waals surface area contributed by atoms with E-state index in [9.17, 15) is 27.7 Å². The number of nitrogens with one attached hydrogen (secondary N) is 2. The molecule has 3 aromatic heterocycles. The van der Waals surface area contributed by atoms with Crippen molar-refractivity contribution in [1.29, 1.82) is 0 Å². The minimum atomic E-state index is -1.35. The first-order valence-corrected chi connectivity index (χ1v) is 11.3. The number of aromatic nitrogens is 3. The van der Waals surface area contributed by atoms with Crippen molar-refractivity contribution in [2.75, 3.05) is 11.6 Å². The molecular formula is C22H18F2N4O4S. The first-order chi connectivity index (χ1) is 15.7. The van der Waals surface area contributed by atoms with Gasteiger partial charge in [0, 0.05) is 70.5 Å². The molecule has 1 unspecified atom stereocenters. The second-order valence-electron chi connectivity index (χ2n) is 7.41. The van der Waals surface area contributed by atoms with E-state index >= 15 is 0 Å². The molecule has 33 heavy (non-hydrogen) atoms. The maximum Gasteiger partial charge on any atom is 0.336 e. The van der Waals surface area contributed by atoms with Gasteiger partial charge in [-0.2, -0.15) is 0 Å². The largest absolute Gasteiger partial charge is 0.478 e. The molecule has 0 saturated heterocycles. The number of hydrogen-bond acceptors (Lipinski definition) is 5. The zero-order valence-corrected chi connectivity index (χ0v) is 18.3. The number of fused-ring (bicyclic) bond motifs is 1. The van der Waals surface area contributed by atoms with Crippen LogP contribution in [0.3, 0.4) is 0 Å². The molecule has 0 bridgehead atoms. The number of aromatic amines is 1. The van der Waals surface area contributed by atoms with Crippen molar-refractivity contribution in [2.24, 2.45) is 7.05 Å². The van der Waals surface area contributed by atoms with Gasteiger partial charge in [0.15, 0.2) is 11.6 Å². The second-order valence-corrected chi connectivity index (χ2v) is 8.85. The minimum absolute atomic E-state index is 0.0277. The van der Waals surface area contributed by atoms with E-state index in [0.717, 1.165) is 6.20 Å². The second kappa shape index (κ2) is 8.58. The van der Waals surface area contributed by atoms with Crippen molar-refractivity contribution in [3.05, 3.63) is 76.0 Å². The van der Waals surface area contributed by atoms with Gasteiger partial charge in [0.1, 0.15) is 11.3 Å². The van der Waals surface area contributed by atoms with E-state index in [0.29, 0.717) is 33.7 Å². The van der Waals surface area contributed by atoms with Crippen LogP contribution >= 0.6 is 0 Å². The first-order valence-electron chi connectivity index (χ1n) is 9.61. The number of H-pyrrole nitrogens is 1. The lowest BCUT2D eigenvalue weighted by atomic mass is 9.96. The Morgan fingerprint density at radius 1 is 1.27 bits per heavy atom. The van der Waals surface area contributed by atoms with Crippen LogP contribution in [0, 0.1) is 11.6 Å². The molecule has 4 rings (SSSR count). The van der Waals surface area contributed by atoms with E-state index in [2.05, 4.69) is 15.3 Å². The minimum Gasteiger partial charge on any atom is -0.478 e. The number of hydrogen-bond donors (Lipinski definition) is 3. The van der Waals surface area contributed by atoms with Gasteiger partial charge in [-0.1, -0.05) is 0 Å². The predicted octanol–water partition coefficient (Wildman–Crippen LogP) is 3.53. The standard InChI is InChI=1S/C22H18F2N4O4S/c1-28-9-16(13-3-4-25-19(13)21(28)29)15-5-11(10-33(2)32)14(22(30)31)7-18(15)27-20-17(24)6-12(23)8-26-20/h3-9,25H,10H2,1-2H3,(H,26,27)(H,30,31). The van der Waals surface area contributed by atoms with E-state index in [1.807, 2.05) is 0 Å². The maximum atomic E-state index is 14.3. The van der Waals surface area contributed by atoms with Crippen LogP contribution in [0.25, 0.3) is 22.0 Å². The fourth-order valence-corrected chi connectivity index (χ4v) is 4.30. The highest BCUT2D eigenvalue weighted by Gasteiger charge is 2.21. The highest BCUT2D eigenvalue weighted by atomic mass is 32.2. The van der Waals surface area contributed by atoms with E-state index in [1.54, 1.807) is 31.6 Å². The molecule has 0 amide bonds. The molecule has 0 aliphatic heterocycles. The average Bonchev–Trinajstić information content (AvgIpc) is 3.23. The van der Waals surface area contributed by atoms with E-state index < -0.39 is 28.4 Å². The summed E-state index contributed by atoms with van der Waals surface area (Å²) >= 11 is 0. The Labute approximate surface area is 188 Å². The number of aromatic carboxylic acids is 1. The molecule has 0 spiro atoms. The Kier molecular flexibility index (Phi) is 5.81. The fraction of sp³-hybridized carbons (Fsp3) is 0.136. The van der Waals surface area contributed by atoms with Gasteiger partial charge in [-0.25, -0.2) is 18.6 Å². The Balaban J connectivity index is 2.03. The predicted molar refractivity (Wildman–Crippen MR) is 121 cm³/mol. The van der Waals surface area contributed by atoms with Crippen LogP contribution in [-0.4, -0.2) is 36.1 Å². The van der Waals surface area contributed by atoms with Crippen LogP contribution in [-0.2, 0) is 23.6 Å². The Morgan fingerprint density at radius 2 is 2.03 bits per heavy atom. The molecule has 170 valence electrons. The summed E-state index contributed by atoms with van der Waals surface area (Å²) in [7, 11) is 0.218. The molecule has 0 radical (unpaired) electrons. The summed E-state index contributed by atoms with van der Waals surface area (Å²) in [5.41, 5.74) is 1.36. The summed E-state index contributed by atoms with van der Waals surface area (Å²) in [6.45, 7) is 0. The third kappa shape index (κ3) is 4.27. The molecule has 0 saturated carbocycles. The van der Waals surface area contributed by atoms with Gasteiger partial charge in [0.2, 0.25) is 0 Å². The number of carbonyl (C=O) groups is 1. The molecule has 0 aliphatic rings. The monoisotopic (exact) mass is 472 g/mol. The fourth-order valence-electron chi connectivity index (χ4n) is 3.63. The number of anilines is 2. The van der Waals surface area contributed by atoms with E-state index in [1.165, 1.54) is 16.9 Å². The SMILES string of the molecule is Cn1cc(-c2cc(CS(C)=O)c(C(=O)O)cc2Nc2ncc(F)cc2F)c2cc[nH]c2c1=O. The molecule has 3 N–H and O–H groups in total. The van der Waals surface area contributed by atoms with Crippen LogP contribution in [0.4, 0.5) is 20.3 Å². The number of pyridine rings is 2. The van der Waals surface area contributed by atoms with Gasteiger partial charge in [-0.05, 0) is 23.8 Å². The van der Waals surface area contributed by atoms with Gasteiger partial charge in [0.25, 0.3) is 5.56 Å². The molecule has 8 nitrogen and oxygen atoms in total. The van der Waals surface area contributed by atoms with E-state index in [-0.39, 0.29) is 28.4 Å². The lowest BCUT2D eigenvalue weighted by molar-refractivity contribution is 0.0696. The lowest BCUT2D eigenvalue weighted by Crippen LogP contribution is -2.17. The van der Waals surface area contributed by atoms with Crippen LogP contribution in [0.1, 0.15) is 15.9 Å². The molecule has 1 aromatic carbocycles. The third-order valence-corrected chi connectivity index (χ3v) is 5.80. The van der Waals surface area contributed by atoms with Crippen molar-refractivity contribution in [3.8, 4) is 11.1 Å². The van der Waals surface area contributed by atoms with E-state index in [4.69, 9.17) is 0 Å². The number of carboxylic acid groups (broad SMARTS) is 1.